The summed E-state index contributed by atoms with van der Waals surface area (Å²) >= 11 is 0. The number of rotatable bonds is 18. The Kier molecular flexibility index (Phi) is 14.8. The van der Waals surface area contributed by atoms with E-state index in [4.69, 9.17) is 4.99 Å². The molecule has 1 heterocycles. The van der Waals surface area contributed by atoms with Crippen LogP contribution in [-0.2, 0) is 4.79 Å². The number of hydrogen-bond acceptors (Lipinski definition) is 2. The fraction of sp³-hybridized carbons (Fsp3) is 0.840. The Morgan fingerprint density at radius 1 is 1.00 bits per heavy atom. The highest BCUT2D eigenvalue weighted by Crippen LogP contribution is 2.24. The first kappa shape index (κ1) is 25.9. The number of amides is 1. The van der Waals surface area contributed by atoms with Crippen LogP contribution in [0.25, 0.3) is 0 Å². The van der Waals surface area contributed by atoms with Gasteiger partial charge < -0.3 is 5.32 Å². The monoisotopic (exact) mass is 406 g/mol. The van der Waals surface area contributed by atoms with Crippen LogP contribution < -0.4 is 5.32 Å². The molecule has 29 heavy (non-hydrogen) atoms. The summed E-state index contributed by atoms with van der Waals surface area (Å²) in [6.07, 6.45) is 24.5. The number of unbranched alkanes of at least 4 members (excludes halogenated alkanes) is 10. The summed E-state index contributed by atoms with van der Waals surface area (Å²) in [4.78, 5) is 15.9. The van der Waals surface area contributed by atoms with Crippen LogP contribution in [0.4, 0.5) is 0 Å². The number of carbonyl (C=O) groups excluding carboxylic acids is 1. The van der Waals surface area contributed by atoms with Crippen LogP contribution in [0.2, 0.25) is 0 Å². The van der Waals surface area contributed by atoms with Crippen molar-refractivity contribution in [2.45, 2.75) is 110 Å². The van der Waals surface area contributed by atoms with E-state index in [1.54, 1.807) is 6.92 Å². The van der Waals surface area contributed by atoms with Crippen LogP contribution in [0.5, 0.6) is 0 Å². The van der Waals surface area contributed by atoms with E-state index in [-0.39, 0.29) is 5.91 Å². The van der Waals surface area contributed by atoms with Crippen molar-refractivity contribution in [2.75, 3.05) is 26.2 Å². The maximum Gasteiger partial charge on any atom is 0.217 e. The van der Waals surface area contributed by atoms with Gasteiger partial charge in [-0.25, -0.2) is 4.99 Å². The fourth-order valence-electron chi connectivity index (χ4n) is 4.36. The summed E-state index contributed by atoms with van der Waals surface area (Å²) in [6.45, 7) is 9.99. The molecule has 4 heteroatoms. The molecule has 2 atom stereocenters. The van der Waals surface area contributed by atoms with Crippen molar-refractivity contribution in [3.05, 3.63) is 12.2 Å². The van der Waals surface area contributed by atoms with Crippen molar-refractivity contribution in [3.63, 3.8) is 0 Å². The SMILES string of the molecule is CCCCCC/C=C/CCCCCCCCC1N=CC[N+]1(CC)CCNC(C)=O. The Balaban J connectivity index is 2.04. The third-order valence-corrected chi connectivity index (χ3v) is 6.39. The van der Waals surface area contributed by atoms with Crippen LogP contribution in [-0.4, -0.2) is 48.9 Å². The highest BCUT2D eigenvalue weighted by molar-refractivity contribution is 5.72. The quantitative estimate of drug-likeness (QED) is 0.169. The van der Waals surface area contributed by atoms with Gasteiger partial charge >= 0.3 is 0 Å². The lowest BCUT2D eigenvalue weighted by Gasteiger charge is -2.38. The number of allylic oxidation sites excluding steroid dienone is 2. The van der Waals surface area contributed by atoms with Gasteiger partial charge in [-0.3, -0.25) is 9.28 Å². The van der Waals surface area contributed by atoms with E-state index in [0.717, 1.165) is 30.7 Å². The van der Waals surface area contributed by atoms with Crippen molar-refractivity contribution >= 4 is 12.1 Å². The summed E-state index contributed by atoms with van der Waals surface area (Å²) in [7, 11) is 0. The molecule has 0 fully saturated rings. The Morgan fingerprint density at radius 3 is 2.24 bits per heavy atom. The van der Waals surface area contributed by atoms with Gasteiger partial charge in [0.25, 0.3) is 0 Å². The summed E-state index contributed by atoms with van der Waals surface area (Å²) in [5.74, 6) is 0.0679. The molecule has 0 radical (unpaired) electrons. The zero-order valence-electron chi connectivity index (χ0n) is 19.6. The number of nitrogens with zero attached hydrogens (tertiary/aromatic N) is 2. The number of likely N-dealkylation sites (N-methyl/N-ethyl adjacent to an activating group) is 1. The van der Waals surface area contributed by atoms with Gasteiger partial charge in [-0.1, -0.05) is 64.0 Å². The molecule has 0 aromatic heterocycles. The van der Waals surface area contributed by atoms with Crippen molar-refractivity contribution in [1.29, 1.82) is 0 Å². The fourth-order valence-corrected chi connectivity index (χ4v) is 4.36. The zero-order valence-corrected chi connectivity index (χ0v) is 19.6. The first-order valence-electron chi connectivity index (χ1n) is 12.4. The third-order valence-electron chi connectivity index (χ3n) is 6.39. The summed E-state index contributed by atoms with van der Waals surface area (Å²) < 4.78 is 1.02. The zero-order chi connectivity index (χ0) is 21.2. The van der Waals surface area contributed by atoms with E-state index in [1.165, 1.54) is 83.5 Å². The van der Waals surface area contributed by atoms with Crippen molar-refractivity contribution < 1.29 is 9.28 Å². The predicted octanol–water partition coefficient (Wildman–Crippen LogP) is 6.02. The Labute approximate surface area is 180 Å². The first-order valence-corrected chi connectivity index (χ1v) is 12.4. The van der Waals surface area contributed by atoms with Crippen LogP contribution in [0, 0.1) is 0 Å². The molecule has 2 unspecified atom stereocenters. The van der Waals surface area contributed by atoms with Gasteiger partial charge in [0.15, 0.2) is 6.17 Å². The highest BCUT2D eigenvalue weighted by Gasteiger charge is 2.37. The molecule has 0 spiro atoms. The van der Waals surface area contributed by atoms with Gasteiger partial charge in [-0.2, -0.15) is 0 Å². The van der Waals surface area contributed by atoms with Crippen LogP contribution >= 0.6 is 0 Å². The topological polar surface area (TPSA) is 41.5 Å². The van der Waals surface area contributed by atoms with Crippen molar-refractivity contribution in [1.82, 2.24) is 5.32 Å². The smallest absolute Gasteiger partial charge is 0.217 e. The Bertz CT molecular complexity index is 475. The third kappa shape index (κ3) is 11.6. The molecule has 1 N–H and O–H groups in total. The lowest BCUT2D eigenvalue weighted by atomic mass is 10.1. The van der Waals surface area contributed by atoms with E-state index < -0.39 is 0 Å². The molecule has 4 nitrogen and oxygen atoms in total. The lowest BCUT2D eigenvalue weighted by Crippen LogP contribution is -2.55. The molecule has 1 aliphatic heterocycles. The average Bonchev–Trinajstić information content (AvgIpc) is 3.11. The molecular weight excluding hydrogens is 358 g/mol. The van der Waals surface area contributed by atoms with Crippen molar-refractivity contribution in [3.8, 4) is 0 Å². The number of aliphatic imine (C=N–C) groups is 1. The Hall–Kier alpha value is -1.16. The van der Waals surface area contributed by atoms with E-state index in [9.17, 15) is 4.79 Å². The van der Waals surface area contributed by atoms with Gasteiger partial charge in [0.2, 0.25) is 5.91 Å². The largest absolute Gasteiger partial charge is 0.351 e. The van der Waals surface area contributed by atoms with E-state index in [1.807, 2.05) is 0 Å². The molecule has 0 aromatic carbocycles. The summed E-state index contributed by atoms with van der Waals surface area (Å²) in [6, 6.07) is 0. The molecule has 1 rings (SSSR count). The molecular formula is C25H48N3O+. The molecule has 168 valence electrons. The van der Waals surface area contributed by atoms with Crippen LogP contribution in [0.3, 0.4) is 0 Å². The second-order valence-corrected chi connectivity index (χ2v) is 8.76. The van der Waals surface area contributed by atoms with Gasteiger partial charge in [-0.05, 0) is 39.0 Å². The molecule has 0 saturated carbocycles. The second kappa shape index (κ2) is 16.6. The van der Waals surface area contributed by atoms with Gasteiger partial charge in [0.05, 0.1) is 25.8 Å². The number of quaternary nitrogens is 1. The minimum atomic E-state index is 0.0679. The van der Waals surface area contributed by atoms with Crippen LogP contribution in [0.15, 0.2) is 17.1 Å². The summed E-state index contributed by atoms with van der Waals surface area (Å²) in [5.41, 5.74) is 0. The van der Waals surface area contributed by atoms with Gasteiger partial charge in [0, 0.05) is 13.3 Å². The molecule has 0 saturated heterocycles. The average molecular weight is 407 g/mol. The van der Waals surface area contributed by atoms with Gasteiger partial charge in [0.1, 0.15) is 6.54 Å². The first-order chi connectivity index (χ1) is 14.1. The minimum Gasteiger partial charge on any atom is -0.351 e. The molecule has 1 amide bonds. The number of hydrogen-bond donors (Lipinski definition) is 1. The maximum absolute atomic E-state index is 11.2. The minimum absolute atomic E-state index is 0.0679. The second-order valence-electron chi connectivity index (χ2n) is 8.76. The van der Waals surface area contributed by atoms with Gasteiger partial charge in [-0.15, -0.1) is 0 Å². The lowest BCUT2D eigenvalue weighted by molar-refractivity contribution is -0.935. The summed E-state index contributed by atoms with van der Waals surface area (Å²) in [5, 5.41) is 2.96. The van der Waals surface area contributed by atoms with E-state index in [2.05, 4.69) is 37.5 Å². The molecule has 0 aromatic rings. The van der Waals surface area contributed by atoms with E-state index >= 15 is 0 Å². The predicted molar refractivity (Wildman–Crippen MR) is 126 cm³/mol. The number of carbonyl (C=O) groups is 1. The van der Waals surface area contributed by atoms with E-state index in [0.29, 0.717) is 6.17 Å². The van der Waals surface area contributed by atoms with Crippen molar-refractivity contribution in [2.24, 2.45) is 4.99 Å². The standard InChI is InChI=1S/C25H47N3O/c1-4-6-7-8-9-10-11-12-13-14-15-16-17-18-19-25-27-21-23-28(25,5-2)22-20-26-24(3)29/h10-11,21,25H,4-9,12-20,22-23H2,1-3H3/p+1/b11-10+. The highest BCUT2D eigenvalue weighted by atomic mass is 16.1. The van der Waals surface area contributed by atoms with Crippen LogP contribution in [0.1, 0.15) is 104 Å². The maximum atomic E-state index is 11.2. The molecule has 0 bridgehead atoms. The normalized spacial score (nSPS) is 21.3. The Morgan fingerprint density at radius 2 is 1.62 bits per heavy atom. The molecule has 0 aliphatic carbocycles. The number of nitrogens with one attached hydrogen (secondary N) is 1. The molecule has 1 aliphatic rings.